The molecule has 2 heterocycles. The van der Waals surface area contributed by atoms with Crippen molar-refractivity contribution in [3.8, 4) is 5.75 Å². The van der Waals surface area contributed by atoms with E-state index in [4.69, 9.17) is 4.74 Å². The van der Waals surface area contributed by atoms with Crippen molar-refractivity contribution in [3.05, 3.63) is 48.0 Å². The Hall–Kier alpha value is -3.02. The molecule has 2 aromatic carbocycles. The van der Waals surface area contributed by atoms with Crippen LogP contribution in [0, 0.1) is 0 Å². The van der Waals surface area contributed by atoms with Crippen molar-refractivity contribution >= 4 is 28.7 Å². The summed E-state index contributed by atoms with van der Waals surface area (Å²) in [6.07, 6.45) is 0. The summed E-state index contributed by atoms with van der Waals surface area (Å²) in [6, 6.07) is 13.1. The Bertz CT molecular complexity index is 871. The number of ether oxygens (including phenoxy) is 1. The van der Waals surface area contributed by atoms with E-state index in [1.54, 1.807) is 12.0 Å². The van der Waals surface area contributed by atoms with E-state index in [-0.39, 0.29) is 6.03 Å². The number of methoxy groups -OCH3 is 1. The van der Waals surface area contributed by atoms with Crippen molar-refractivity contribution in [2.45, 2.75) is 6.54 Å². The number of urea groups is 1. The molecule has 1 aromatic heterocycles. The van der Waals surface area contributed by atoms with Crippen molar-refractivity contribution in [1.29, 1.82) is 0 Å². The standard InChI is InChI=1S/C16H14N4O2/c1-22-11-6-7-13-14(8-11)18-15(17-13)20-9-10-4-2-3-5-12(10)19-16(20)21/h2-8H,9H2,1H3,(H,17,18)(H,19,21). The topological polar surface area (TPSA) is 70.2 Å². The summed E-state index contributed by atoms with van der Waals surface area (Å²) >= 11 is 0. The fourth-order valence-electron chi connectivity index (χ4n) is 2.61. The highest BCUT2D eigenvalue weighted by Crippen LogP contribution is 2.28. The molecule has 0 radical (unpaired) electrons. The zero-order valence-electron chi connectivity index (χ0n) is 12.0. The van der Waals surface area contributed by atoms with Crippen molar-refractivity contribution in [1.82, 2.24) is 9.97 Å². The van der Waals surface area contributed by atoms with Crippen molar-refractivity contribution in [2.75, 3.05) is 17.3 Å². The number of anilines is 2. The first-order valence-corrected chi connectivity index (χ1v) is 6.95. The number of fused-ring (bicyclic) bond motifs is 2. The number of amides is 2. The Labute approximate surface area is 126 Å². The number of hydrogen-bond acceptors (Lipinski definition) is 3. The average Bonchev–Trinajstić information content (AvgIpc) is 2.96. The van der Waals surface area contributed by atoms with Gasteiger partial charge in [0.05, 0.1) is 24.7 Å². The fourth-order valence-corrected chi connectivity index (χ4v) is 2.61. The van der Waals surface area contributed by atoms with E-state index in [2.05, 4.69) is 15.3 Å². The molecule has 0 aliphatic carbocycles. The van der Waals surface area contributed by atoms with Gasteiger partial charge in [0.2, 0.25) is 5.95 Å². The van der Waals surface area contributed by atoms with Gasteiger partial charge in [0.25, 0.3) is 0 Å². The number of carbonyl (C=O) groups is 1. The number of carbonyl (C=O) groups excluding carboxylic acids is 1. The second kappa shape index (κ2) is 4.77. The van der Waals surface area contributed by atoms with Crippen LogP contribution < -0.4 is 15.0 Å². The van der Waals surface area contributed by atoms with E-state index in [1.807, 2.05) is 42.5 Å². The van der Waals surface area contributed by atoms with Crippen LogP contribution in [0.1, 0.15) is 5.56 Å². The normalized spacial score (nSPS) is 13.9. The second-order valence-corrected chi connectivity index (χ2v) is 5.12. The maximum atomic E-state index is 12.3. The van der Waals surface area contributed by atoms with Crippen LogP contribution in [-0.4, -0.2) is 23.1 Å². The predicted molar refractivity (Wildman–Crippen MR) is 84.3 cm³/mol. The smallest absolute Gasteiger partial charge is 0.328 e. The number of aromatic amines is 1. The Balaban J connectivity index is 1.74. The number of rotatable bonds is 2. The van der Waals surface area contributed by atoms with Crippen molar-refractivity contribution in [2.24, 2.45) is 0 Å². The van der Waals surface area contributed by atoms with E-state index >= 15 is 0 Å². The monoisotopic (exact) mass is 294 g/mol. The first-order chi connectivity index (χ1) is 10.7. The summed E-state index contributed by atoms with van der Waals surface area (Å²) < 4.78 is 5.20. The number of nitrogens with zero attached hydrogens (tertiary/aromatic N) is 2. The maximum Gasteiger partial charge on any atom is 0.328 e. The highest BCUT2D eigenvalue weighted by Gasteiger charge is 2.25. The summed E-state index contributed by atoms with van der Waals surface area (Å²) in [5, 5.41) is 2.88. The number of aromatic nitrogens is 2. The van der Waals surface area contributed by atoms with Crippen LogP contribution in [0.5, 0.6) is 5.75 Å². The molecule has 1 aliphatic heterocycles. The van der Waals surface area contributed by atoms with Crippen LogP contribution in [0.2, 0.25) is 0 Å². The van der Waals surface area contributed by atoms with Crippen LogP contribution in [0.25, 0.3) is 11.0 Å². The minimum absolute atomic E-state index is 0.190. The van der Waals surface area contributed by atoms with Gasteiger partial charge in [0.15, 0.2) is 0 Å². The molecule has 2 N–H and O–H groups in total. The van der Waals surface area contributed by atoms with Crippen LogP contribution in [-0.2, 0) is 6.54 Å². The third kappa shape index (κ3) is 1.96. The van der Waals surface area contributed by atoms with Crippen LogP contribution in [0.4, 0.5) is 16.4 Å². The molecule has 110 valence electrons. The second-order valence-electron chi connectivity index (χ2n) is 5.12. The quantitative estimate of drug-likeness (QED) is 0.763. The molecule has 4 rings (SSSR count). The number of para-hydroxylation sites is 1. The van der Waals surface area contributed by atoms with Gasteiger partial charge in [-0.3, -0.25) is 4.90 Å². The Morgan fingerprint density at radius 2 is 2.09 bits per heavy atom. The third-order valence-corrected chi connectivity index (χ3v) is 3.76. The summed E-state index contributed by atoms with van der Waals surface area (Å²) in [5.41, 5.74) is 3.53. The maximum absolute atomic E-state index is 12.3. The van der Waals surface area contributed by atoms with Crippen LogP contribution in [0.3, 0.4) is 0 Å². The van der Waals surface area contributed by atoms with Gasteiger partial charge in [-0.2, -0.15) is 0 Å². The molecule has 1 aliphatic rings. The number of H-pyrrole nitrogens is 1. The van der Waals surface area contributed by atoms with Gasteiger partial charge in [-0.1, -0.05) is 18.2 Å². The molecule has 0 fully saturated rings. The van der Waals surface area contributed by atoms with Crippen LogP contribution >= 0.6 is 0 Å². The van der Waals surface area contributed by atoms with Gasteiger partial charge in [-0.15, -0.1) is 0 Å². The summed E-state index contributed by atoms with van der Waals surface area (Å²) in [7, 11) is 1.62. The highest BCUT2D eigenvalue weighted by atomic mass is 16.5. The minimum atomic E-state index is -0.190. The average molecular weight is 294 g/mol. The van der Waals surface area contributed by atoms with Gasteiger partial charge < -0.3 is 15.0 Å². The largest absolute Gasteiger partial charge is 0.497 e. The predicted octanol–water partition coefficient (Wildman–Crippen LogP) is 3.12. The summed E-state index contributed by atoms with van der Waals surface area (Å²) in [4.78, 5) is 21.5. The number of imidazole rings is 1. The Kier molecular flexibility index (Phi) is 2.75. The molecule has 22 heavy (non-hydrogen) atoms. The molecular weight excluding hydrogens is 280 g/mol. The zero-order chi connectivity index (χ0) is 15.1. The molecule has 3 aromatic rings. The molecule has 0 atom stereocenters. The lowest BCUT2D eigenvalue weighted by Crippen LogP contribution is -2.39. The SMILES string of the molecule is COc1ccc2nc(N3Cc4ccccc4NC3=O)[nH]c2c1. The Morgan fingerprint density at radius 3 is 2.95 bits per heavy atom. The van der Waals surface area contributed by atoms with Crippen molar-refractivity contribution in [3.63, 3.8) is 0 Å². The fraction of sp³-hybridized carbons (Fsp3) is 0.125. The lowest BCUT2D eigenvalue weighted by Gasteiger charge is -2.27. The minimum Gasteiger partial charge on any atom is -0.497 e. The first kappa shape index (κ1) is 12.7. The van der Waals surface area contributed by atoms with Gasteiger partial charge in [-0.25, -0.2) is 9.78 Å². The molecule has 0 saturated heterocycles. The third-order valence-electron chi connectivity index (χ3n) is 3.76. The number of nitrogens with one attached hydrogen (secondary N) is 2. The number of hydrogen-bond donors (Lipinski definition) is 2. The molecule has 0 spiro atoms. The first-order valence-electron chi connectivity index (χ1n) is 6.95. The van der Waals surface area contributed by atoms with E-state index < -0.39 is 0 Å². The molecule has 2 amide bonds. The highest BCUT2D eigenvalue weighted by molar-refractivity contribution is 6.03. The van der Waals surface area contributed by atoms with Crippen molar-refractivity contribution < 1.29 is 9.53 Å². The van der Waals surface area contributed by atoms with E-state index in [9.17, 15) is 4.79 Å². The molecule has 0 bridgehead atoms. The zero-order valence-corrected chi connectivity index (χ0v) is 12.0. The van der Waals surface area contributed by atoms with Crippen LogP contribution in [0.15, 0.2) is 42.5 Å². The number of benzene rings is 2. The molecular formula is C16H14N4O2. The van der Waals surface area contributed by atoms with Gasteiger partial charge in [0, 0.05) is 11.8 Å². The van der Waals surface area contributed by atoms with Gasteiger partial charge >= 0.3 is 6.03 Å². The van der Waals surface area contributed by atoms with E-state index in [0.29, 0.717) is 12.5 Å². The Morgan fingerprint density at radius 1 is 1.23 bits per heavy atom. The molecule has 0 unspecified atom stereocenters. The molecule has 0 saturated carbocycles. The van der Waals surface area contributed by atoms with Gasteiger partial charge in [0.1, 0.15) is 5.75 Å². The summed E-state index contributed by atoms with van der Waals surface area (Å²) in [6.45, 7) is 0.485. The lowest BCUT2D eigenvalue weighted by atomic mass is 10.1. The molecule has 6 heteroatoms. The summed E-state index contributed by atoms with van der Waals surface area (Å²) in [5.74, 6) is 1.27. The molecule has 6 nitrogen and oxygen atoms in total. The lowest BCUT2D eigenvalue weighted by molar-refractivity contribution is 0.255. The van der Waals surface area contributed by atoms with E-state index in [1.165, 1.54) is 0 Å². The van der Waals surface area contributed by atoms with E-state index in [0.717, 1.165) is 28.0 Å². The van der Waals surface area contributed by atoms with Gasteiger partial charge in [-0.05, 0) is 23.8 Å².